The van der Waals surface area contributed by atoms with E-state index in [2.05, 4.69) is 28.2 Å². The molecule has 0 radical (unpaired) electrons. The SMILES string of the molecule is CC1(COc2cc(=N)n(C(=N)Br)cc2C2CC2)CCNCC1. The van der Waals surface area contributed by atoms with E-state index in [0.29, 0.717) is 12.5 Å². The second-order valence-electron chi connectivity index (χ2n) is 6.76. The summed E-state index contributed by atoms with van der Waals surface area (Å²) in [5.41, 5.74) is 1.62. The quantitative estimate of drug-likeness (QED) is 0.566. The fourth-order valence-corrected chi connectivity index (χ4v) is 3.26. The largest absolute Gasteiger partial charge is 0.493 e. The Labute approximate surface area is 139 Å². The minimum Gasteiger partial charge on any atom is -0.493 e. The molecule has 120 valence electrons. The van der Waals surface area contributed by atoms with Crippen molar-refractivity contribution >= 4 is 20.7 Å². The second-order valence-corrected chi connectivity index (χ2v) is 7.51. The molecule has 3 rings (SSSR count). The van der Waals surface area contributed by atoms with Crippen LogP contribution in [0.2, 0.25) is 0 Å². The van der Waals surface area contributed by atoms with Gasteiger partial charge in [-0.1, -0.05) is 6.92 Å². The zero-order valence-corrected chi connectivity index (χ0v) is 14.5. The number of hydrogen-bond acceptors (Lipinski definition) is 4. The molecule has 3 N–H and O–H groups in total. The number of aromatic nitrogens is 1. The number of pyridine rings is 1. The molecule has 1 aromatic rings. The first kappa shape index (κ1) is 15.7. The number of rotatable bonds is 4. The molecule has 0 bridgehead atoms. The van der Waals surface area contributed by atoms with Gasteiger partial charge in [0.05, 0.1) is 6.61 Å². The van der Waals surface area contributed by atoms with Crippen molar-refractivity contribution in [3.8, 4) is 5.75 Å². The minimum absolute atomic E-state index is 0.191. The highest BCUT2D eigenvalue weighted by molar-refractivity contribution is 9.18. The molecule has 0 unspecified atom stereocenters. The predicted octanol–water partition coefficient (Wildman–Crippen LogP) is 2.79. The van der Waals surface area contributed by atoms with E-state index in [1.54, 1.807) is 10.6 Å². The van der Waals surface area contributed by atoms with Crippen molar-refractivity contribution in [3.05, 3.63) is 23.3 Å². The number of nitrogens with one attached hydrogen (secondary N) is 3. The van der Waals surface area contributed by atoms with Crippen LogP contribution in [-0.2, 0) is 0 Å². The Morgan fingerprint density at radius 2 is 2.14 bits per heavy atom. The Morgan fingerprint density at radius 1 is 1.45 bits per heavy atom. The van der Waals surface area contributed by atoms with Crippen LogP contribution in [0.1, 0.15) is 44.1 Å². The summed E-state index contributed by atoms with van der Waals surface area (Å²) in [6.07, 6.45) is 6.48. The van der Waals surface area contributed by atoms with Crippen LogP contribution >= 0.6 is 15.9 Å². The molecule has 2 fully saturated rings. The average molecular weight is 367 g/mol. The molecule has 0 amide bonds. The Balaban J connectivity index is 1.82. The highest BCUT2D eigenvalue weighted by atomic mass is 79.9. The van der Waals surface area contributed by atoms with Gasteiger partial charge in [0.2, 0.25) is 0 Å². The van der Waals surface area contributed by atoms with E-state index in [-0.39, 0.29) is 15.6 Å². The lowest BCUT2D eigenvalue weighted by atomic mass is 9.82. The maximum Gasteiger partial charge on any atom is 0.175 e. The van der Waals surface area contributed by atoms with Crippen molar-refractivity contribution in [1.29, 1.82) is 10.8 Å². The number of ether oxygens (including phenoxy) is 1. The molecule has 1 saturated carbocycles. The molecule has 1 aromatic heterocycles. The standard InChI is InChI=1S/C16H23BrN4O/c1-16(4-6-20-7-5-16)10-22-13-8-14(18)21(15(17)19)9-12(13)11-2-3-11/h8-9,11,18-20H,2-7,10H2,1H3. The van der Waals surface area contributed by atoms with E-state index < -0.39 is 0 Å². The van der Waals surface area contributed by atoms with Gasteiger partial charge < -0.3 is 10.1 Å². The Kier molecular flexibility index (Phi) is 4.41. The maximum atomic E-state index is 8.07. The lowest BCUT2D eigenvalue weighted by Crippen LogP contribution is -2.38. The van der Waals surface area contributed by atoms with E-state index in [9.17, 15) is 0 Å². The van der Waals surface area contributed by atoms with Gasteiger partial charge in [0.15, 0.2) is 4.74 Å². The van der Waals surface area contributed by atoms with Crippen molar-refractivity contribution in [2.24, 2.45) is 5.41 Å². The third-order valence-electron chi connectivity index (χ3n) is 4.70. The van der Waals surface area contributed by atoms with E-state index in [1.165, 1.54) is 12.8 Å². The summed E-state index contributed by atoms with van der Waals surface area (Å²) < 4.78 is 7.89. The van der Waals surface area contributed by atoms with Crippen molar-refractivity contribution in [2.75, 3.05) is 19.7 Å². The van der Waals surface area contributed by atoms with Crippen LogP contribution in [0.4, 0.5) is 0 Å². The maximum absolute atomic E-state index is 8.07. The first-order chi connectivity index (χ1) is 10.5. The highest BCUT2D eigenvalue weighted by Gasteiger charge is 2.31. The molecule has 1 saturated heterocycles. The molecular formula is C16H23BrN4O. The number of halogens is 1. The Bertz CT molecular complexity index is 630. The van der Waals surface area contributed by atoms with Gasteiger partial charge in [-0.05, 0) is 60.6 Å². The molecule has 1 aliphatic heterocycles. The van der Waals surface area contributed by atoms with Crippen LogP contribution < -0.4 is 15.5 Å². The second kappa shape index (κ2) is 6.16. The summed E-state index contributed by atoms with van der Waals surface area (Å²) in [4.78, 5) is 0. The van der Waals surface area contributed by atoms with Crippen molar-refractivity contribution in [2.45, 2.75) is 38.5 Å². The zero-order chi connectivity index (χ0) is 15.7. The number of nitrogens with zero attached hydrogens (tertiary/aromatic N) is 1. The van der Waals surface area contributed by atoms with Crippen LogP contribution in [0, 0.1) is 16.2 Å². The van der Waals surface area contributed by atoms with Gasteiger partial charge in [-0.2, -0.15) is 0 Å². The molecule has 0 aromatic carbocycles. The molecule has 22 heavy (non-hydrogen) atoms. The fraction of sp³-hybridized carbons (Fsp3) is 0.625. The van der Waals surface area contributed by atoms with Gasteiger partial charge in [-0.25, -0.2) is 0 Å². The molecule has 2 aliphatic rings. The molecule has 6 heteroatoms. The fourth-order valence-electron chi connectivity index (χ4n) is 2.96. The molecule has 0 spiro atoms. The van der Waals surface area contributed by atoms with Crippen LogP contribution in [0.15, 0.2) is 12.3 Å². The summed E-state index contributed by atoms with van der Waals surface area (Å²) in [6.45, 7) is 5.08. The summed E-state index contributed by atoms with van der Waals surface area (Å²) in [5.74, 6) is 1.35. The minimum atomic E-state index is 0.191. The van der Waals surface area contributed by atoms with E-state index in [4.69, 9.17) is 15.6 Å². The van der Waals surface area contributed by atoms with Gasteiger partial charge in [0.25, 0.3) is 0 Å². The molecule has 2 heterocycles. The van der Waals surface area contributed by atoms with Crippen LogP contribution in [0.5, 0.6) is 5.75 Å². The van der Waals surface area contributed by atoms with Gasteiger partial charge in [-0.3, -0.25) is 15.4 Å². The average Bonchev–Trinajstić information content (AvgIpc) is 3.30. The topological polar surface area (TPSA) is 73.9 Å². The molecule has 1 aliphatic carbocycles. The lowest BCUT2D eigenvalue weighted by Gasteiger charge is -2.34. The third kappa shape index (κ3) is 3.43. The summed E-state index contributed by atoms with van der Waals surface area (Å²) in [5, 5.41) is 19.2. The van der Waals surface area contributed by atoms with E-state index >= 15 is 0 Å². The first-order valence-corrected chi connectivity index (χ1v) is 8.67. The smallest absolute Gasteiger partial charge is 0.175 e. The van der Waals surface area contributed by atoms with E-state index in [1.807, 2.05) is 6.20 Å². The van der Waals surface area contributed by atoms with Crippen molar-refractivity contribution in [3.63, 3.8) is 0 Å². The van der Waals surface area contributed by atoms with Crippen LogP contribution in [0.25, 0.3) is 0 Å². The molecule has 0 atom stereocenters. The third-order valence-corrected chi connectivity index (χ3v) is 5.08. The van der Waals surface area contributed by atoms with Gasteiger partial charge >= 0.3 is 0 Å². The van der Waals surface area contributed by atoms with Crippen LogP contribution in [0.3, 0.4) is 0 Å². The monoisotopic (exact) mass is 366 g/mol. The first-order valence-electron chi connectivity index (χ1n) is 7.88. The van der Waals surface area contributed by atoms with Crippen LogP contribution in [-0.4, -0.2) is 29.0 Å². The van der Waals surface area contributed by atoms with Gasteiger partial charge in [-0.15, -0.1) is 0 Å². The van der Waals surface area contributed by atoms with Gasteiger partial charge in [0.1, 0.15) is 11.2 Å². The molecular weight excluding hydrogens is 344 g/mol. The zero-order valence-electron chi connectivity index (χ0n) is 12.9. The summed E-state index contributed by atoms with van der Waals surface area (Å²) >= 11 is 3.15. The van der Waals surface area contributed by atoms with Crippen molar-refractivity contribution in [1.82, 2.24) is 9.88 Å². The number of hydrogen-bond donors (Lipinski definition) is 3. The highest BCUT2D eigenvalue weighted by Crippen LogP contribution is 2.44. The predicted molar refractivity (Wildman–Crippen MR) is 90.0 cm³/mol. The number of piperidine rings is 1. The Morgan fingerprint density at radius 3 is 2.73 bits per heavy atom. The van der Waals surface area contributed by atoms with E-state index in [0.717, 1.165) is 37.2 Å². The Hall–Kier alpha value is -1.14. The lowest BCUT2D eigenvalue weighted by molar-refractivity contribution is 0.122. The van der Waals surface area contributed by atoms with Crippen molar-refractivity contribution < 1.29 is 4.74 Å². The molecule has 5 nitrogen and oxygen atoms in total. The van der Waals surface area contributed by atoms with Gasteiger partial charge in [0, 0.05) is 23.2 Å². The summed E-state index contributed by atoms with van der Waals surface area (Å²) in [7, 11) is 0. The normalized spacial score (nSPS) is 20.6. The summed E-state index contributed by atoms with van der Waals surface area (Å²) in [6, 6.07) is 1.76.